The normalized spacial score (nSPS) is 11.6. The van der Waals surface area contributed by atoms with Crippen LogP contribution in [0.1, 0.15) is 17.5 Å². The lowest BCUT2D eigenvalue weighted by Crippen LogP contribution is -1.94. The van der Waals surface area contributed by atoms with Crippen molar-refractivity contribution in [2.45, 2.75) is 24.9 Å². The minimum absolute atomic E-state index is 0.918. The second-order valence-corrected chi connectivity index (χ2v) is 7.06. The fraction of sp³-hybridized carbons (Fsp3) is 0.278. The predicted octanol–water partition coefficient (Wildman–Crippen LogP) is 3.65. The lowest BCUT2D eigenvalue weighted by molar-refractivity contribution is 0.766. The number of rotatable bonds is 5. The second-order valence-electron chi connectivity index (χ2n) is 5.99. The van der Waals surface area contributed by atoms with Crippen molar-refractivity contribution >= 4 is 28.3 Å². The molecule has 24 heavy (non-hydrogen) atoms. The first-order chi connectivity index (χ1) is 11.7. The molecule has 0 unspecified atom stereocenters. The van der Waals surface area contributed by atoms with Crippen molar-refractivity contribution in [2.75, 3.05) is 5.75 Å². The number of benzene rings is 1. The van der Waals surface area contributed by atoms with Crippen molar-refractivity contribution in [2.24, 2.45) is 7.05 Å². The van der Waals surface area contributed by atoms with Crippen molar-refractivity contribution < 1.29 is 0 Å². The number of thioether (sulfide) groups is 1. The van der Waals surface area contributed by atoms with E-state index in [0.717, 1.165) is 29.4 Å². The van der Waals surface area contributed by atoms with Gasteiger partial charge in [0.15, 0.2) is 10.8 Å². The molecular formula is C18H19N5S. The third-order valence-electron chi connectivity index (χ3n) is 4.17. The van der Waals surface area contributed by atoms with Crippen LogP contribution in [0.5, 0.6) is 0 Å². The Labute approximate surface area is 144 Å². The molecule has 0 saturated carbocycles. The third kappa shape index (κ3) is 2.78. The van der Waals surface area contributed by atoms with Crippen LogP contribution in [0.25, 0.3) is 16.6 Å². The average Bonchev–Trinajstić information content (AvgIpc) is 3.18. The Morgan fingerprint density at radius 1 is 1.17 bits per heavy atom. The van der Waals surface area contributed by atoms with Gasteiger partial charge >= 0.3 is 0 Å². The number of nitrogens with zero attached hydrogens (tertiary/aromatic N) is 5. The Balaban J connectivity index is 1.55. The summed E-state index contributed by atoms with van der Waals surface area (Å²) in [5, 5.41) is 15.2. The number of pyridine rings is 1. The van der Waals surface area contributed by atoms with Gasteiger partial charge in [-0.25, -0.2) is 0 Å². The highest BCUT2D eigenvalue weighted by Gasteiger charge is 2.11. The van der Waals surface area contributed by atoms with Gasteiger partial charge in [-0.05, 0) is 43.0 Å². The first-order valence-corrected chi connectivity index (χ1v) is 9.05. The number of hydrogen-bond donors (Lipinski definition) is 0. The largest absolute Gasteiger partial charge is 0.276 e. The van der Waals surface area contributed by atoms with Gasteiger partial charge in [0.2, 0.25) is 0 Å². The number of fused-ring (bicyclic) bond motifs is 3. The minimum atomic E-state index is 0.918. The van der Waals surface area contributed by atoms with Gasteiger partial charge in [-0.1, -0.05) is 30.0 Å². The van der Waals surface area contributed by atoms with Gasteiger partial charge in [-0.2, -0.15) is 5.10 Å². The van der Waals surface area contributed by atoms with Crippen molar-refractivity contribution in [3.8, 4) is 0 Å². The van der Waals surface area contributed by atoms with E-state index in [1.54, 1.807) is 11.8 Å². The summed E-state index contributed by atoms with van der Waals surface area (Å²) in [6.45, 7) is 2.12. The van der Waals surface area contributed by atoms with Crippen LogP contribution in [0.2, 0.25) is 0 Å². The Hall–Kier alpha value is -2.34. The molecule has 4 aromatic rings. The number of hydrogen-bond acceptors (Lipinski definition) is 4. The van der Waals surface area contributed by atoms with E-state index in [-0.39, 0.29) is 0 Å². The van der Waals surface area contributed by atoms with Crippen molar-refractivity contribution in [1.29, 1.82) is 0 Å². The van der Waals surface area contributed by atoms with Crippen LogP contribution in [-0.2, 0) is 13.5 Å². The van der Waals surface area contributed by atoms with Gasteiger partial charge in [0.05, 0.1) is 11.7 Å². The molecule has 1 aromatic carbocycles. The summed E-state index contributed by atoms with van der Waals surface area (Å²) in [5.41, 5.74) is 4.61. The first-order valence-electron chi connectivity index (χ1n) is 8.06. The highest BCUT2D eigenvalue weighted by molar-refractivity contribution is 7.99. The van der Waals surface area contributed by atoms with E-state index in [2.05, 4.69) is 63.1 Å². The summed E-state index contributed by atoms with van der Waals surface area (Å²) in [5.74, 6) is 1.01. The molecule has 0 aliphatic carbocycles. The maximum Gasteiger partial charge on any atom is 0.196 e. The van der Waals surface area contributed by atoms with Crippen LogP contribution in [0.3, 0.4) is 0 Å². The van der Waals surface area contributed by atoms with E-state index in [0.29, 0.717) is 0 Å². The highest BCUT2D eigenvalue weighted by atomic mass is 32.2. The Kier molecular flexibility index (Phi) is 3.98. The third-order valence-corrected chi connectivity index (χ3v) is 5.19. The van der Waals surface area contributed by atoms with E-state index in [9.17, 15) is 0 Å². The highest BCUT2D eigenvalue weighted by Crippen LogP contribution is 2.26. The molecule has 0 atom stereocenters. The molecule has 0 spiro atoms. The summed E-state index contributed by atoms with van der Waals surface area (Å²) in [4.78, 5) is 0. The Bertz CT molecular complexity index is 1000. The SMILES string of the molecule is Cc1cc2nnc(SCCCc3cnn(C)c3)n2c2ccccc12. The maximum atomic E-state index is 4.39. The van der Waals surface area contributed by atoms with Gasteiger partial charge in [0.1, 0.15) is 0 Å². The predicted molar refractivity (Wildman–Crippen MR) is 97.5 cm³/mol. The zero-order valence-corrected chi connectivity index (χ0v) is 14.6. The maximum absolute atomic E-state index is 4.39. The number of aromatic nitrogens is 5. The van der Waals surface area contributed by atoms with Gasteiger partial charge in [0.25, 0.3) is 0 Å². The molecule has 6 heteroatoms. The minimum Gasteiger partial charge on any atom is -0.276 e. The summed E-state index contributed by atoms with van der Waals surface area (Å²) >= 11 is 1.77. The smallest absolute Gasteiger partial charge is 0.196 e. The zero-order chi connectivity index (χ0) is 16.5. The van der Waals surface area contributed by atoms with Gasteiger partial charge in [0, 0.05) is 24.4 Å². The Morgan fingerprint density at radius 2 is 2.04 bits per heavy atom. The molecule has 3 heterocycles. The molecular weight excluding hydrogens is 318 g/mol. The molecule has 0 amide bonds. The molecule has 5 nitrogen and oxygen atoms in total. The zero-order valence-electron chi connectivity index (χ0n) is 13.8. The van der Waals surface area contributed by atoms with Crippen molar-refractivity contribution in [3.63, 3.8) is 0 Å². The van der Waals surface area contributed by atoms with Gasteiger partial charge in [-0.15, -0.1) is 10.2 Å². The van der Waals surface area contributed by atoms with Crippen LogP contribution in [0.15, 0.2) is 47.9 Å². The molecule has 0 aliphatic rings. The summed E-state index contributed by atoms with van der Waals surface area (Å²) in [6.07, 6.45) is 6.15. The molecule has 0 radical (unpaired) electrons. The van der Waals surface area contributed by atoms with Gasteiger partial charge in [-0.3, -0.25) is 9.08 Å². The molecule has 122 valence electrons. The number of para-hydroxylation sites is 1. The Morgan fingerprint density at radius 3 is 2.88 bits per heavy atom. The lowest BCUT2D eigenvalue weighted by Gasteiger charge is -2.07. The van der Waals surface area contributed by atoms with E-state index < -0.39 is 0 Å². The topological polar surface area (TPSA) is 48.0 Å². The average molecular weight is 337 g/mol. The quantitative estimate of drug-likeness (QED) is 0.412. The fourth-order valence-corrected chi connectivity index (χ4v) is 3.90. The van der Waals surface area contributed by atoms with Gasteiger partial charge < -0.3 is 0 Å². The standard InChI is InChI=1S/C18H19N5S/c1-13-10-17-20-21-18(23(17)16-8-4-3-7-15(13)16)24-9-5-6-14-11-19-22(2)12-14/h3-4,7-8,10-12H,5-6,9H2,1-2H3. The monoisotopic (exact) mass is 337 g/mol. The van der Waals surface area contributed by atoms with Crippen LogP contribution >= 0.6 is 11.8 Å². The van der Waals surface area contributed by atoms with Crippen LogP contribution < -0.4 is 0 Å². The van der Waals surface area contributed by atoms with E-state index in [1.807, 2.05) is 17.9 Å². The van der Waals surface area contributed by atoms with E-state index in [1.165, 1.54) is 22.0 Å². The summed E-state index contributed by atoms with van der Waals surface area (Å²) in [6, 6.07) is 10.5. The van der Waals surface area contributed by atoms with Crippen molar-refractivity contribution in [1.82, 2.24) is 24.4 Å². The summed E-state index contributed by atoms with van der Waals surface area (Å²) in [7, 11) is 1.95. The second kappa shape index (κ2) is 6.28. The summed E-state index contributed by atoms with van der Waals surface area (Å²) < 4.78 is 4.01. The molecule has 0 bridgehead atoms. The van der Waals surface area contributed by atoms with E-state index in [4.69, 9.17) is 0 Å². The molecule has 0 saturated heterocycles. The molecule has 0 aliphatic heterocycles. The molecule has 4 rings (SSSR count). The van der Waals surface area contributed by atoms with Crippen LogP contribution in [0, 0.1) is 6.92 Å². The number of aryl methyl sites for hydroxylation is 3. The lowest BCUT2D eigenvalue weighted by atomic mass is 10.1. The molecule has 3 aromatic heterocycles. The molecule has 0 fully saturated rings. The fourth-order valence-electron chi connectivity index (χ4n) is 3.01. The van der Waals surface area contributed by atoms with E-state index >= 15 is 0 Å². The van der Waals surface area contributed by atoms with Crippen molar-refractivity contribution in [3.05, 3.63) is 53.9 Å². The first kappa shape index (κ1) is 15.2. The molecule has 0 N–H and O–H groups in total. The van der Waals surface area contributed by atoms with Crippen LogP contribution in [-0.4, -0.2) is 30.1 Å². The van der Waals surface area contributed by atoms with Crippen LogP contribution in [0.4, 0.5) is 0 Å².